The predicted molar refractivity (Wildman–Crippen MR) is 75.0 cm³/mol. The fourth-order valence-corrected chi connectivity index (χ4v) is 2.65. The molecule has 7 nitrogen and oxygen atoms in total. The molecule has 0 aromatic carbocycles. The lowest BCUT2D eigenvalue weighted by Crippen LogP contribution is -2.51. The molecule has 3 rings (SSSR count). The highest BCUT2D eigenvalue weighted by Crippen LogP contribution is 2.26. The molecule has 2 aromatic heterocycles. The van der Waals surface area contributed by atoms with Gasteiger partial charge in [-0.25, -0.2) is 0 Å². The molecule has 3 N–H and O–H groups in total. The van der Waals surface area contributed by atoms with Crippen LogP contribution >= 0.6 is 0 Å². The van der Waals surface area contributed by atoms with Crippen molar-refractivity contribution in [3.63, 3.8) is 0 Å². The molecule has 0 bridgehead atoms. The Balaban J connectivity index is 2.12. The smallest absolute Gasteiger partial charge is 0.224 e. The summed E-state index contributed by atoms with van der Waals surface area (Å²) in [5.74, 6) is 1.21. The highest BCUT2D eigenvalue weighted by molar-refractivity contribution is 5.88. The summed E-state index contributed by atoms with van der Waals surface area (Å²) in [5.41, 5.74) is 6.63. The van der Waals surface area contributed by atoms with E-state index in [4.69, 9.17) is 5.73 Å². The topological polar surface area (TPSA) is 84.9 Å². The summed E-state index contributed by atoms with van der Waals surface area (Å²) in [6.07, 6.45) is 2.89. The van der Waals surface area contributed by atoms with Gasteiger partial charge in [0.1, 0.15) is 5.82 Å². The van der Waals surface area contributed by atoms with Gasteiger partial charge in [0.2, 0.25) is 5.95 Å². The molecule has 1 unspecified atom stereocenters. The molecule has 1 saturated heterocycles. The van der Waals surface area contributed by atoms with Crippen LogP contribution in [-0.4, -0.2) is 45.4 Å². The number of aryl methyl sites for hydroxylation is 1. The molecule has 1 aliphatic rings. The maximum Gasteiger partial charge on any atom is 0.224 e. The van der Waals surface area contributed by atoms with Crippen molar-refractivity contribution in [2.45, 2.75) is 19.4 Å². The van der Waals surface area contributed by atoms with Crippen LogP contribution in [0.3, 0.4) is 0 Å². The van der Waals surface area contributed by atoms with E-state index in [0.29, 0.717) is 12.0 Å². The first-order chi connectivity index (χ1) is 9.20. The summed E-state index contributed by atoms with van der Waals surface area (Å²) >= 11 is 0. The third-order valence-electron chi connectivity index (χ3n) is 3.68. The fourth-order valence-electron chi connectivity index (χ4n) is 2.65. The molecule has 3 heterocycles. The first-order valence-electron chi connectivity index (χ1n) is 6.63. The van der Waals surface area contributed by atoms with E-state index in [1.807, 2.05) is 13.2 Å². The van der Waals surface area contributed by atoms with Crippen molar-refractivity contribution >= 4 is 22.8 Å². The molecule has 0 amide bonds. The maximum absolute atomic E-state index is 5.84. The monoisotopic (exact) mass is 261 g/mol. The summed E-state index contributed by atoms with van der Waals surface area (Å²) in [4.78, 5) is 11.0. The number of nitrogens with zero attached hydrogens (tertiary/aromatic N) is 5. The summed E-state index contributed by atoms with van der Waals surface area (Å²) in [7, 11) is 1.87. The Labute approximate surface area is 111 Å². The number of rotatable bonds is 2. The van der Waals surface area contributed by atoms with Gasteiger partial charge in [0, 0.05) is 32.7 Å². The van der Waals surface area contributed by atoms with Crippen LogP contribution < -0.4 is 16.0 Å². The van der Waals surface area contributed by atoms with Gasteiger partial charge < -0.3 is 16.0 Å². The number of piperazine rings is 1. The molecular weight excluding hydrogens is 242 g/mol. The molecule has 1 aliphatic heterocycles. The second kappa shape index (κ2) is 4.65. The lowest BCUT2D eigenvalue weighted by molar-refractivity contribution is 0.464. The average Bonchev–Trinajstić information content (AvgIpc) is 2.79. The molecule has 0 saturated carbocycles. The van der Waals surface area contributed by atoms with E-state index in [2.05, 4.69) is 32.2 Å². The third kappa shape index (κ3) is 1.99. The number of anilines is 2. The number of nitrogens with one attached hydrogen (secondary N) is 1. The third-order valence-corrected chi connectivity index (χ3v) is 3.68. The molecule has 1 atom stereocenters. The number of fused-ring (bicyclic) bond motifs is 1. The number of nitrogens with two attached hydrogens (primary N) is 1. The van der Waals surface area contributed by atoms with Gasteiger partial charge >= 0.3 is 0 Å². The first kappa shape index (κ1) is 12.2. The number of hydrogen-bond acceptors (Lipinski definition) is 6. The lowest BCUT2D eigenvalue weighted by atomic mass is 10.1. The van der Waals surface area contributed by atoms with Crippen LogP contribution in [0.5, 0.6) is 0 Å². The molecule has 0 spiro atoms. The van der Waals surface area contributed by atoms with E-state index in [1.54, 1.807) is 4.68 Å². The minimum Gasteiger partial charge on any atom is -0.368 e. The van der Waals surface area contributed by atoms with Gasteiger partial charge in [-0.15, -0.1) is 0 Å². The number of aromatic nitrogens is 4. The molecule has 19 heavy (non-hydrogen) atoms. The van der Waals surface area contributed by atoms with E-state index in [-0.39, 0.29) is 0 Å². The second-order valence-electron chi connectivity index (χ2n) is 4.87. The van der Waals surface area contributed by atoms with Crippen LogP contribution in [0, 0.1) is 0 Å². The Morgan fingerprint density at radius 3 is 3.11 bits per heavy atom. The molecule has 7 heteroatoms. The van der Waals surface area contributed by atoms with Gasteiger partial charge in [-0.2, -0.15) is 15.1 Å². The van der Waals surface area contributed by atoms with Crippen molar-refractivity contribution in [2.24, 2.45) is 7.05 Å². The number of nitrogen functional groups attached to an aromatic ring is 1. The molecule has 1 fully saturated rings. The maximum atomic E-state index is 5.84. The quantitative estimate of drug-likeness (QED) is 0.799. The highest BCUT2D eigenvalue weighted by Gasteiger charge is 2.25. The van der Waals surface area contributed by atoms with Crippen molar-refractivity contribution in [3.05, 3.63) is 6.20 Å². The van der Waals surface area contributed by atoms with E-state index < -0.39 is 0 Å². The minimum atomic E-state index is 0.305. The lowest BCUT2D eigenvalue weighted by Gasteiger charge is -2.36. The summed E-state index contributed by atoms with van der Waals surface area (Å²) in [5, 5.41) is 8.65. The van der Waals surface area contributed by atoms with Crippen molar-refractivity contribution < 1.29 is 0 Å². The van der Waals surface area contributed by atoms with Crippen molar-refractivity contribution in [1.82, 2.24) is 25.1 Å². The summed E-state index contributed by atoms with van der Waals surface area (Å²) < 4.78 is 1.74. The highest BCUT2D eigenvalue weighted by atomic mass is 15.3. The standard InChI is InChI=1S/C12H19N7/c1-3-8-6-14-4-5-19(8)11-9-7-15-18(2)10(9)16-12(13)17-11/h7-8,14H,3-6H2,1-2H3,(H2,13,16,17). The molecular formula is C12H19N7. The van der Waals surface area contributed by atoms with Crippen molar-refractivity contribution in [1.29, 1.82) is 0 Å². The Hall–Kier alpha value is -1.89. The van der Waals surface area contributed by atoms with Gasteiger partial charge in [-0.1, -0.05) is 6.92 Å². The van der Waals surface area contributed by atoms with Gasteiger partial charge in [0.15, 0.2) is 5.65 Å². The Morgan fingerprint density at radius 2 is 2.32 bits per heavy atom. The zero-order valence-corrected chi connectivity index (χ0v) is 11.3. The van der Waals surface area contributed by atoms with E-state index in [9.17, 15) is 0 Å². The van der Waals surface area contributed by atoms with Crippen LogP contribution in [0.25, 0.3) is 11.0 Å². The van der Waals surface area contributed by atoms with Crippen LogP contribution in [0.1, 0.15) is 13.3 Å². The SMILES string of the molecule is CCC1CNCCN1c1nc(N)nc2c1cnn2C. The minimum absolute atomic E-state index is 0.305. The van der Waals surface area contributed by atoms with Gasteiger partial charge in [0.25, 0.3) is 0 Å². The van der Waals surface area contributed by atoms with Crippen LogP contribution in [-0.2, 0) is 7.05 Å². The second-order valence-corrected chi connectivity index (χ2v) is 4.87. The largest absolute Gasteiger partial charge is 0.368 e. The molecule has 102 valence electrons. The Bertz CT molecular complexity index is 591. The van der Waals surface area contributed by atoms with Gasteiger partial charge in [-0.05, 0) is 6.42 Å². The van der Waals surface area contributed by atoms with Crippen molar-refractivity contribution in [2.75, 3.05) is 30.3 Å². The molecule has 0 aliphatic carbocycles. The molecule has 2 aromatic rings. The van der Waals surface area contributed by atoms with E-state index in [0.717, 1.165) is 42.9 Å². The summed E-state index contributed by atoms with van der Waals surface area (Å²) in [6, 6.07) is 0.437. The Kier molecular flexibility index (Phi) is 2.98. The van der Waals surface area contributed by atoms with Gasteiger partial charge in [-0.3, -0.25) is 4.68 Å². The van der Waals surface area contributed by atoms with Gasteiger partial charge in [0.05, 0.1) is 11.6 Å². The zero-order chi connectivity index (χ0) is 13.4. The number of hydrogen-bond donors (Lipinski definition) is 2. The zero-order valence-electron chi connectivity index (χ0n) is 11.3. The van der Waals surface area contributed by atoms with Crippen molar-refractivity contribution in [3.8, 4) is 0 Å². The van der Waals surface area contributed by atoms with Crippen LogP contribution in [0.15, 0.2) is 6.20 Å². The predicted octanol–water partition coefficient (Wildman–Crippen LogP) is 0.134. The normalized spacial score (nSPS) is 20.1. The fraction of sp³-hybridized carbons (Fsp3) is 0.583. The van der Waals surface area contributed by atoms with E-state index >= 15 is 0 Å². The average molecular weight is 261 g/mol. The van der Waals surface area contributed by atoms with Crippen LogP contribution in [0.2, 0.25) is 0 Å². The van der Waals surface area contributed by atoms with E-state index in [1.165, 1.54) is 0 Å². The van der Waals surface area contributed by atoms with Crippen LogP contribution in [0.4, 0.5) is 11.8 Å². The summed E-state index contributed by atoms with van der Waals surface area (Å²) in [6.45, 7) is 5.05. The Morgan fingerprint density at radius 1 is 1.47 bits per heavy atom. The molecule has 0 radical (unpaired) electrons. The first-order valence-corrected chi connectivity index (χ1v) is 6.63.